The van der Waals surface area contributed by atoms with Crippen LogP contribution in [0.2, 0.25) is 0 Å². The summed E-state index contributed by atoms with van der Waals surface area (Å²) in [5.74, 6) is 0.387. The zero-order valence-corrected chi connectivity index (χ0v) is 13.5. The van der Waals surface area contributed by atoms with E-state index in [-0.39, 0.29) is 5.91 Å². The van der Waals surface area contributed by atoms with Crippen LogP contribution in [0.1, 0.15) is 20.3 Å². The number of thiazole rings is 1. The minimum atomic E-state index is 0.0450. The van der Waals surface area contributed by atoms with Crippen LogP contribution in [0, 0.1) is 5.92 Å². The molecule has 3 rings (SSSR count). The second-order valence-electron chi connectivity index (χ2n) is 5.68. The van der Waals surface area contributed by atoms with Gasteiger partial charge in [-0.2, -0.15) is 0 Å². The maximum atomic E-state index is 12.1. The van der Waals surface area contributed by atoms with Gasteiger partial charge in [0.05, 0.1) is 15.9 Å². The quantitative estimate of drug-likeness (QED) is 0.741. The van der Waals surface area contributed by atoms with Crippen molar-refractivity contribution in [3.05, 3.63) is 48.5 Å². The number of hydrogen-bond acceptors (Lipinski definition) is 3. The Kier molecular flexibility index (Phi) is 4.20. The van der Waals surface area contributed by atoms with E-state index in [0.29, 0.717) is 12.3 Å². The number of benzene rings is 2. The number of carbonyl (C=O) groups excluding carboxylic acids is 1. The summed E-state index contributed by atoms with van der Waals surface area (Å²) in [6.45, 7) is 4.08. The molecule has 22 heavy (non-hydrogen) atoms. The van der Waals surface area contributed by atoms with Gasteiger partial charge in [-0.15, -0.1) is 11.3 Å². The van der Waals surface area contributed by atoms with E-state index in [0.717, 1.165) is 26.5 Å². The smallest absolute Gasteiger partial charge is 0.224 e. The van der Waals surface area contributed by atoms with E-state index < -0.39 is 0 Å². The Bertz CT molecular complexity index is 774. The highest BCUT2D eigenvalue weighted by molar-refractivity contribution is 7.21. The highest BCUT2D eigenvalue weighted by atomic mass is 32.1. The molecule has 0 bridgehead atoms. The molecule has 0 fully saturated rings. The van der Waals surface area contributed by atoms with Gasteiger partial charge < -0.3 is 5.32 Å². The third-order valence-corrected chi connectivity index (χ3v) is 4.39. The van der Waals surface area contributed by atoms with Gasteiger partial charge in [0, 0.05) is 12.0 Å². The monoisotopic (exact) mass is 310 g/mol. The first kappa shape index (κ1) is 14.7. The van der Waals surface area contributed by atoms with Crippen molar-refractivity contribution >= 4 is 33.1 Å². The first-order valence-electron chi connectivity index (χ1n) is 7.38. The van der Waals surface area contributed by atoms with Crippen molar-refractivity contribution in [1.29, 1.82) is 0 Å². The van der Waals surface area contributed by atoms with Crippen molar-refractivity contribution in [2.24, 2.45) is 5.92 Å². The van der Waals surface area contributed by atoms with Gasteiger partial charge in [0.25, 0.3) is 0 Å². The Labute approximate surface area is 134 Å². The Balaban J connectivity index is 1.95. The molecule has 4 heteroatoms. The largest absolute Gasteiger partial charge is 0.325 e. The van der Waals surface area contributed by atoms with Crippen molar-refractivity contribution in [3.63, 3.8) is 0 Å². The van der Waals surface area contributed by atoms with Crippen LogP contribution in [0.5, 0.6) is 0 Å². The average molecular weight is 310 g/mol. The summed E-state index contributed by atoms with van der Waals surface area (Å²) >= 11 is 1.64. The lowest BCUT2D eigenvalue weighted by Gasteiger charge is -2.10. The molecule has 1 aromatic heterocycles. The van der Waals surface area contributed by atoms with Crippen molar-refractivity contribution in [2.75, 3.05) is 5.32 Å². The zero-order valence-electron chi connectivity index (χ0n) is 12.7. The number of rotatable bonds is 4. The van der Waals surface area contributed by atoms with Crippen LogP contribution in [0.3, 0.4) is 0 Å². The zero-order chi connectivity index (χ0) is 15.5. The number of hydrogen-bond donors (Lipinski definition) is 1. The van der Waals surface area contributed by atoms with Crippen LogP contribution >= 0.6 is 11.3 Å². The SMILES string of the molecule is CC(C)CC(=O)Nc1ccccc1-c1nc2ccccc2s1. The predicted molar refractivity (Wildman–Crippen MR) is 93.1 cm³/mol. The van der Waals surface area contributed by atoms with Gasteiger partial charge in [-0.25, -0.2) is 4.98 Å². The lowest BCUT2D eigenvalue weighted by atomic mass is 10.1. The van der Waals surface area contributed by atoms with Crippen LogP contribution < -0.4 is 5.32 Å². The Morgan fingerprint density at radius 2 is 1.86 bits per heavy atom. The topological polar surface area (TPSA) is 42.0 Å². The number of nitrogens with zero attached hydrogens (tertiary/aromatic N) is 1. The molecule has 0 spiro atoms. The lowest BCUT2D eigenvalue weighted by Crippen LogP contribution is -2.14. The molecule has 2 aromatic carbocycles. The summed E-state index contributed by atoms with van der Waals surface area (Å²) in [7, 11) is 0. The summed E-state index contributed by atoms with van der Waals surface area (Å²) < 4.78 is 1.15. The minimum absolute atomic E-state index is 0.0450. The Hall–Kier alpha value is -2.20. The molecule has 0 aliphatic heterocycles. The van der Waals surface area contributed by atoms with E-state index in [2.05, 4.69) is 16.4 Å². The summed E-state index contributed by atoms with van der Waals surface area (Å²) in [5, 5.41) is 3.94. The van der Waals surface area contributed by atoms with Crippen molar-refractivity contribution < 1.29 is 4.79 Å². The first-order valence-corrected chi connectivity index (χ1v) is 8.20. The third-order valence-electron chi connectivity index (χ3n) is 3.32. The van der Waals surface area contributed by atoms with Gasteiger partial charge in [-0.1, -0.05) is 38.1 Å². The van der Waals surface area contributed by atoms with E-state index >= 15 is 0 Å². The summed E-state index contributed by atoms with van der Waals surface area (Å²) in [6.07, 6.45) is 0.522. The molecule has 3 aromatic rings. The van der Waals surface area contributed by atoms with E-state index in [1.165, 1.54) is 0 Å². The fourth-order valence-electron chi connectivity index (χ4n) is 2.34. The predicted octanol–water partition coefficient (Wildman–Crippen LogP) is 4.95. The van der Waals surface area contributed by atoms with E-state index in [1.807, 2.05) is 56.3 Å². The van der Waals surface area contributed by atoms with Gasteiger partial charge in [0.2, 0.25) is 5.91 Å². The molecule has 1 amide bonds. The number of nitrogens with one attached hydrogen (secondary N) is 1. The van der Waals surface area contributed by atoms with Crippen LogP contribution in [0.4, 0.5) is 5.69 Å². The summed E-state index contributed by atoms with van der Waals surface area (Å²) in [4.78, 5) is 16.7. The molecule has 0 aliphatic carbocycles. The number of amides is 1. The number of aromatic nitrogens is 1. The third kappa shape index (κ3) is 3.17. The van der Waals surface area contributed by atoms with Gasteiger partial charge in [-0.3, -0.25) is 4.79 Å². The van der Waals surface area contributed by atoms with Gasteiger partial charge in [-0.05, 0) is 30.2 Å². The summed E-state index contributed by atoms with van der Waals surface area (Å²) in [5.41, 5.74) is 2.79. The van der Waals surface area contributed by atoms with E-state index in [1.54, 1.807) is 11.3 Å². The summed E-state index contributed by atoms with van der Waals surface area (Å²) in [6, 6.07) is 15.9. The number of carbonyl (C=O) groups is 1. The average Bonchev–Trinajstić information content (AvgIpc) is 2.90. The molecule has 112 valence electrons. The highest BCUT2D eigenvalue weighted by Gasteiger charge is 2.12. The fraction of sp³-hybridized carbons (Fsp3) is 0.222. The molecule has 0 saturated carbocycles. The Morgan fingerprint density at radius 1 is 1.14 bits per heavy atom. The van der Waals surface area contributed by atoms with Crippen LogP contribution in [0.25, 0.3) is 20.8 Å². The van der Waals surface area contributed by atoms with E-state index in [4.69, 9.17) is 0 Å². The van der Waals surface area contributed by atoms with Crippen LogP contribution in [0.15, 0.2) is 48.5 Å². The molecular weight excluding hydrogens is 292 g/mol. The maximum Gasteiger partial charge on any atom is 0.224 e. The molecule has 0 atom stereocenters. The Morgan fingerprint density at radius 3 is 2.64 bits per heavy atom. The van der Waals surface area contributed by atoms with Crippen LogP contribution in [-0.4, -0.2) is 10.9 Å². The molecule has 0 aliphatic rings. The number of anilines is 1. The second-order valence-corrected chi connectivity index (χ2v) is 6.71. The number of para-hydroxylation sites is 2. The molecular formula is C18H18N2OS. The van der Waals surface area contributed by atoms with Gasteiger partial charge >= 0.3 is 0 Å². The molecule has 0 unspecified atom stereocenters. The van der Waals surface area contributed by atoms with Crippen molar-refractivity contribution in [3.8, 4) is 10.6 Å². The van der Waals surface area contributed by atoms with E-state index in [9.17, 15) is 4.79 Å². The molecule has 3 nitrogen and oxygen atoms in total. The standard InChI is InChI=1S/C18H18N2OS/c1-12(2)11-17(21)19-14-8-4-3-7-13(14)18-20-15-9-5-6-10-16(15)22-18/h3-10,12H,11H2,1-2H3,(H,19,21). The molecule has 1 heterocycles. The highest BCUT2D eigenvalue weighted by Crippen LogP contribution is 2.34. The lowest BCUT2D eigenvalue weighted by molar-refractivity contribution is -0.116. The van der Waals surface area contributed by atoms with Gasteiger partial charge in [0.15, 0.2) is 0 Å². The van der Waals surface area contributed by atoms with Crippen molar-refractivity contribution in [1.82, 2.24) is 4.98 Å². The minimum Gasteiger partial charge on any atom is -0.325 e. The number of fused-ring (bicyclic) bond motifs is 1. The molecule has 1 N–H and O–H groups in total. The molecule has 0 saturated heterocycles. The fourth-order valence-corrected chi connectivity index (χ4v) is 3.34. The normalized spacial score (nSPS) is 11.0. The van der Waals surface area contributed by atoms with Crippen molar-refractivity contribution in [2.45, 2.75) is 20.3 Å². The maximum absolute atomic E-state index is 12.1. The van der Waals surface area contributed by atoms with Crippen LogP contribution in [-0.2, 0) is 4.79 Å². The molecule has 0 radical (unpaired) electrons. The van der Waals surface area contributed by atoms with Gasteiger partial charge in [0.1, 0.15) is 5.01 Å². The second kappa shape index (κ2) is 6.28. The first-order chi connectivity index (χ1) is 10.6.